The fourth-order valence-electron chi connectivity index (χ4n) is 4.95. The van der Waals surface area contributed by atoms with Crippen molar-refractivity contribution in [2.45, 2.75) is 38.8 Å². The fourth-order valence-corrected chi connectivity index (χ4v) is 5.74. The van der Waals surface area contributed by atoms with Crippen LogP contribution < -0.4 is 10.9 Å². The first-order valence-electron chi connectivity index (χ1n) is 11.8. The summed E-state index contributed by atoms with van der Waals surface area (Å²) in [6.45, 7) is 1.59. The van der Waals surface area contributed by atoms with Gasteiger partial charge in [-0.2, -0.15) is 0 Å². The van der Waals surface area contributed by atoms with Crippen LogP contribution in [0.15, 0.2) is 70.3 Å². The SMILES string of the molecule is O=c1c2ccccc2n(CCCCBr)c2cc3c(=O)c4ccccc4n(CCCCBr)c3cc12. The van der Waals surface area contributed by atoms with Crippen molar-refractivity contribution in [2.75, 3.05) is 10.7 Å². The minimum absolute atomic E-state index is 0.0249. The Morgan fingerprint density at radius 1 is 0.529 bits per heavy atom. The van der Waals surface area contributed by atoms with Crippen LogP contribution in [0.2, 0.25) is 0 Å². The Labute approximate surface area is 214 Å². The van der Waals surface area contributed by atoms with Crippen LogP contribution in [0.5, 0.6) is 0 Å². The molecule has 2 aromatic heterocycles. The quantitative estimate of drug-likeness (QED) is 0.113. The third-order valence-electron chi connectivity index (χ3n) is 6.59. The first-order valence-corrected chi connectivity index (χ1v) is 14.0. The summed E-state index contributed by atoms with van der Waals surface area (Å²) in [5.41, 5.74) is 3.57. The van der Waals surface area contributed by atoms with Gasteiger partial charge < -0.3 is 9.13 Å². The number of hydrogen-bond acceptors (Lipinski definition) is 2. The van der Waals surface area contributed by atoms with Crippen LogP contribution in [0, 0.1) is 0 Å². The first-order chi connectivity index (χ1) is 16.7. The summed E-state index contributed by atoms with van der Waals surface area (Å²) in [5.74, 6) is 0. The summed E-state index contributed by atoms with van der Waals surface area (Å²) >= 11 is 7.05. The second-order valence-electron chi connectivity index (χ2n) is 8.67. The van der Waals surface area contributed by atoms with Crippen LogP contribution in [0.1, 0.15) is 25.7 Å². The number of unbranched alkanes of at least 4 members (excludes halogenated alkanes) is 2. The Kier molecular flexibility index (Phi) is 6.89. The van der Waals surface area contributed by atoms with Crippen molar-refractivity contribution in [1.82, 2.24) is 9.13 Å². The Morgan fingerprint density at radius 2 is 0.941 bits per heavy atom. The Balaban J connectivity index is 1.90. The van der Waals surface area contributed by atoms with Gasteiger partial charge in [0, 0.05) is 45.3 Å². The van der Waals surface area contributed by atoms with E-state index >= 15 is 0 Å². The lowest BCUT2D eigenvalue weighted by Crippen LogP contribution is -2.16. The van der Waals surface area contributed by atoms with Crippen molar-refractivity contribution in [1.29, 1.82) is 0 Å². The Hall–Kier alpha value is -2.44. The third-order valence-corrected chi connectivity index (χ3v) is 7.72. The molecule has 0 saturated heterocycles. The second-order valence-corrected chi connectivity index (χ2v) is 10.3. The molecule has 0 atom stereocenters. The number of halogens is 2. The van der Waals surface area contributed by atoms with Gasteiger partial charge in [-0.15, -0.1) is 0 Å². The van der Waals surface area contributed by atoms with Crippen LogP contribution in [-0.2, 0) is 13.1 Å². The number of alkyl halides is 2. The van der Waals surface area contributed by atoms with Crippen molar-refractivity contribution in [3.63, 3.8) is 0 Å². The van der Waals surface area contributed by atoms with Gasteiger partial charge in [0.25, 0.3) is 0 Å². The van der Waals surface area contributed by atoms with E-state index in [1.54, 1.807) is 0 Å². The number of benzene rings is 3. The van der Waals surface area contributed by atoms with E-state index in [2.05, 4.69) is 41.0 Å². The smallest absolute Gasteiger partial charge is 0.197 e. The molecule has 3 aromatic carbocycles. The molecule has 0 bridgehead atoms. The van der Waals surface area contributed by atoms with E-state index in [0.29, 0.717) is 10.8 Å². The highest BCUT2D eigenvalue weighted by atomic mass is 79.9. The second kappa shape index (κ2) is 10.0. The van der Waals surface area contributed by atoms with Gasteiger partial charge in [-0.3, -0.25) is 9.59 Å². The van der Waals surface area contributed by atoms with E-state index in [1.807, 2.05) is 60.7 Å². The fraction of sp³-hybridized carbons (Fsp3) is 0.286. The zero-order valence-corrected chi connectivity index (χ0v) is 22.1. The van der Waals surface area contributed by atoms with Gasteiger partial charge in [-0.1, -0.05) is 56.1 Å². The minimum atomic E-state index is 0.0249. The molecule has 0 aliphatic rings. The standard InChI is InChI=1S/C28H26Br2N2O2/c29-13-5-7-15-31-23-11-3-1-9-19(23)27(33)21-17-26-22(18-25(21)31)28(34)20-10-2-4-12-24(20)32(26)16-8-6-14-30/h1-4,9-12,17-18H,5-8,13-16H2. The molecule has 174 valence electrons. The predicted molar refractivity (Wildman–Crippen MR) is 151 cm³/mol. The molecule has 0 N–H and O–H groups in total. The van der Waals surface area contributed by atoms with Crippen molar-refractivity contribution in [3.05, 3.63) is 81.1 Å². The van der Waals surface area contributed by atoms with Gasteiger partial charge in [-0.25, -0.2) is 0 Å². The van der Waals surface area contributed by atoms with Gasteiger partial charge in [0.15, 0.2) is 10.9 Å². The normalized spacial score (nSPS) is 11.8. The highest BCUT2D eigenvalue weighted by molar-refractivity contribution is 9.09. The topological polar surface area (TPSA) is 44.0 Å². The van der Waals surface area contributed by atoms with E-state index in [0.717, 1.165) is 82.3 Å². The lowest BCUT2D eigenvalue weighted by atomic mass is 10.0. The molecule has 0 fully saturated rings. The van der Waals surface area contributed by atoms with E-state index in [-0.39, 0.29) is 10.9 Å². The predicted octanol–water partition coefficient (Wildman–Crippen LogP) is 6.97. The Morgan fingerprint density at radius 3 is 1.35 bits per heavy atom. The van der Waals surface area contributed by atoms with Crippen LogP contribution in [0.3, 0.4) is 0 Å². The van der Waals surface area contributed by atoms with Gasteiger partial charge in [0.1, 0.15) is 0 Å². The lowest BCUT2D eigenvalue weighted by molar-refractivity contribution is 0.665. The maximum atomic E-state index is 13.6. The number of para-hydroxylation sites is 2. The zero-order chi connectivity index (χ0) is 23.7. The molecule has 0 radical (unpaired) electrons. The largest absolute Gasteiger partial charge is 0.340 e. The maximum Gasteiger partial charge on any atom is 0.197 e. The number of aryl methyl sites for hydroxylation is 2. The van der Waals surface area contributed by atoms with Crippen molar-refractivity contribution < 1.29 is 0 Å². The molecule has 0 unspecified atom stereocenters. The number of nitrogens with zero attached hydrogens (tertiary/aromatic N) is 2. The van der Waals surface area contributed by atoms with Gasteiger partial charge in [-0.05, 0) is 62.1 Å². The average molecular weight is 582 g/mol. The maximum absolute atomic E-state index is 13.6. The number of aromatic nitrogens is 2. The van der Waals surface area contributed by atoms with Crippen LogP contribution in [0.4, 0.5) is 0 Å². The van der Waals surface area contributed by atoms with Crippen molar-refractivity contribution in [2.24, 2.45) is 0 Å². The molecule has 4 nitrogen and oxygen atoms in total. The lowest BCUT2D eigenvalue weighted by Gasteiger charge is -2.19. The van der Waals surface area contributed by atoms with Crippen molar-refractivity contribution in [3.8, 4) is 0 Å². The molecule has 0 aliphatic heterocycles. The molecule has 5 rings (SSSR count). The van der Waals surface area contributed by atoms with Crippen LogP contribution in [0.25, 0.3) is 43.6 Å². The summed E-state index contributed by atoms with van der Waals surface area (Å²) in [4.78, 5) is 27.2. The molecule has 0 saturated carbocycles. The minimum Gasteiger partial charge on any atom is -0.340 e. The molecule has 34 heavy (non-hydrogen) atoms. The zero-order valence-electron chi connectivity index (χ0n) is 18.9. The number of pyridine rings is 2. The average Bonchev–Trinajstić information content (AvgIpc) is 2.87. The molecule has 0 spiro atoms. The summed E-state index contributed by atoms with van der Waals surface area (Å²) in [5, 5.41) is 4.68. The third kappa shape index (κ3) is 4.01. The molecule has 5 aromatic rings. The molecular formula is C28H26Br2N2O2. The van der Waals surface area contributed by atoms with E-state index < -0.39 is 0 Å². The highest BCUT2D eigenvalue weighted by Crippen LogP contribution is 2.27. The first kappa shape index (κ1) is 23.3. The van der Waals surface area contributed by atoms with Gasteiger partial charge in [0.05, 0.1) is 22.1 Å². The molecule has 2 heterocycles. The highest BCUT2D eigenvalue weighted by Gasteiger charge is 2.16. The number of rotatable bonds is 8. The summed E-state index contributed by atoms with van der Waals surface area (Å²) in [6.07, 6.45) is 4.06. The number of fused-ring (bicyclic) bond motifs is 4. The monoisotopic (exact) mass is 580 g/mol. The molecule has 0 amide bonds. The van der Waals surface area contributed by atoms with Crippen LogP contribution in [-0.4, -0.2) is 19.8 Å². The molecule has 6 heteroatoms. The summed E-state index contributed by atoms with van der Waals surface area (Å²) in [6, 6.07) is 19.5. The Bertz CT molecular complexity index is 1510. The van der Waals surface area contributed by atoms with E-state index in [9.17, 15) is 9.59 Å². The molecule has 0 aliphatic carbocycles. The molecular weight excluding hydrogens is 556 g/mol. The van der Waals surface area contributed by atoms with Gasteiger partial charge >= 0.3 is 0 Å². The van der Waals surface area contributed by atoms with Crippen molar-refractivity contribution >= 4 is 75.5 Å². The summed E-state index contributed by atoms with van der Waals surface area (Å²) < 4.78 is 4.44. The summed E-state index contributed by atoms with van der Waals surface area (Å²) in [7, 11) is 0. The van der Waals surface area contributed by atoms with E-state index in [4.69, 9.17) is 0 Å². The van der Waals surface area contributed by atoms with Gasteiger partial charge in [0.2, 0.25) is 0 Å². The van der Waals surface area contributed by atoms with E-state index in [1.165, 1.54) is 0 Å². The number of hydrogen-bond donors (Lipinski definition) is 0. The van der Waals surface area contributed by atoms with Crippen LogP contribution >= 0.6 is 31.9 Å².